The summed E-state index contributed by atoms with van der Waals surface area (Å²) in [5.41, 5.74) is 1.33. The molecule has 1 fully saturated rings. The number of fused-ring (bicyclic) bond motifs is 1. The van der Waals surface area contributed by atoms with Gasteiger partial charge in [-0.2, -0.15) is 0 Å². The van der Waals surface area contributed by atoms with Crippen molar-refractivity contribution in [1.82, 2.24) is 20.0 Å². The van der Waals surface area contributed by atoms with Gasteiger partial charge < -0.3 is 14.3 Å². The molecule has 0 N–H and O–H groups in total. The van der Waals surface area contributed by atoms with Crippen molar-refractivity contribution in [3.05, 3.63) is 48.1 Å². The van der Waals surface area contributed by atoms with Crippen LogP contribution in [0, 0.1) is 0 Å². The summed E-state index contributed by atoms with van der Waals surface area (Å²) in [5, 5.41) is 4.97. The van der Waals surface area contributed by atoms with Crippen molar-refractivity contribution in [2.75, 3.05) is 31.1 Å². The molecule has 0 saturated carbocycles. The van der Waals surface area contributed by atoms with E-state index in [0.29, 0.717) is 18.8 Å². The maximum absolute atomic E-state index is 12.6. The predicted octanol–water partition coefficient (Wildman–Crippen LogP) is 2.53. The summed E-state index contributed by atoms with van der Waals surface area (Å²) in [6.45, 7) is 4.79. The van der Waals surface area contributed by atoms with Crippen LogP contribution in [-0.4, -0.2) is 52.1 Å². The van der Waals surface area contributed by atoms with Crippen molar-refractivity contribution < 1.29 is 9.32 Å². The van der Waals surface area contributed by atoms with Gasteiger partial charge in [-0.1, -0.05) is 24.2 Å². The lowest BCUT2D eigenvalue weighted by Crippen LogP contribution is -2.49. The number of hydrogen-bond acceptors (Lipinski definition) is 6. The smallest absolute Gasteiger partial charge is 0.276 e. The fraction of sp³-hybridized carbons (Fsp3) is 0.368. The average Bonchev–Trinajstić information content (AvgIpc) is 3.16. The van der Waals surface area contributed by atoms with Gasteiger partial charge in [0.15, 0.2) is 5.69 Å². The number of benzene rings is 1. The van der Waals surface area contributed by atoms with Crippen LogP contribution >= 0.6 is 0 Å². The number of nitrogens with zero attached hydrogens (tertiary/aromatic N) is 5. The highest BCUT2D eigenvalue weighted by molar-refractivity contribution is 5.93. The van der Waals surface area contributed by atoms with Crippen LogP contribution in [0.25, 0.3) is 10.9 Å². The molecular weight excluding hydrogens is 330 g/mol. The van der Waals surface area contributed by atoms with Crippen LogP contribution in [0.5, 0.6) is 0 Å². The molecule has 7 heteroatoms. The number of aromatic nitrogens is 3. The molecular formula is C19H21N5O2. The summed E-state index contributed by atoms with van der Waals surface area (Å²) in [5.74, 6) is 1.62. The van der Waals surface area contributed by atoms with Crippen molar-refractivity contribution >= 4 is 22.6 Å². The van der Waals surface area contributed by atoms with Crippen LogP contribution in [0.4, 0.5) is 5.82 Å². The van der Waals surface area contributed by atoms with E-state index in [1.54, 1.807) is 12.4 Å². The number of carbonyl (C=O) groups is 1. The van der Waals surface area contributed by atoms with Gasteiger partial charge in [0.25, 0.3) is 5.91 Å². The monoisotopic (exact) mass is 351 g/mol. The van der Waals surface area contributed by atoms with Crippen LogP contribution in [0.1, 0.15) is 29.6 Å². The van der Waals surface area contributed by atoms with Crippen LogP contribution in [-0.2, 0) is 6.42 Å². The number of carbonyl (C=O) groups excluding carboxylic acids is 1. The highest BCUT2D eigenvalue weighted by Crippen LogP contribution is 2.23. The lowest BCUT2D eigenvalue weighted by Gasteiger charge is -2.35. The van der Waals surface area contributed by atoms with E-state index in [1.165, 1.54) is 0 Å². The second kappa shape index (κ2) is 7.11. The van der Waals surface area contributed by atoms with Gasteiger partial charge in [-0.15, -0.1) is 0 Å². The highest BCUT2D eigenvalue weighted by atomic mass is 16.5. The highest BCUT2D eigenvalue weighted by Gasteiger charge is 2.25. The zero-order valence-corrected chi connectivity index (χ0v) is 14.8. The molecule has 1 saturated heterocycles. The van der Waals surface area contributed by atoms with E-state index in [0.717, 1.165) is 48.4 Å². The first kappa shape index (κ1) is 16.5. The number of hydrogen-bond donors (Lipinski definition) is 0. The molecule has 0 bridgehead atoms. The second-order valence-corrected chi connectivity index (χ2v) is 6.42. The fourth-order valence-corrected chi connectivity index (χ4v) is 3.30. The molecule has 1 aliphatic rings. The lowest BCUT2D eigenvalue weighted by molar-refractivity contribution is 0.0736. The second-order valence-electron chi connectivity index (χ2n) is 6.42. The minimum absolute atomic E-state index is 0.0664. The molecule has 4 rings (SSSR count). The number of para-hydroxylation sites is 1. The summed E-state index contributed by atoms with van der Waals surface area (Å²) in [7, 11) is 0. The van der Waals surface area contributed by atoms with Crippen LogP contribution in [0.15, 0.2) is 41.2 Å². The van der Waals surface area contributed by atoms with Crippen LogP contribution in [0.2, 0.25) is 0 Å². The summed E-state index contributed by atoms with van der Waals surface area (Å²) in [6.07, 6.45) is 3.36. The fourth-order valence-electron chi connectivity index (χ4n) is 3.30. The quantitative estimate of drug-likeness (QED) is 0.719. The number of aryl methyl sites for hydroxylation is 1. The first-order valence-electron chi connectivity index (χ1n) is 8.96. The maximum atomic E-state index is 12.6. The number of anilines is 1. The molecule has 0 aliphatic carbocycles. The minimum atomic E-state index is -0.0664. The Morgan fingerprint density at radius 1 is 1.15 bits per heavy atom. The van der Waals surface area contributed by atoms with E-state index >= 15 is 0 Å². The molecule has 3 aromatic rings. The maximum Gasteiger partial charge on any atom is 0.276 e. The summed E-state index contributed by atoms with van der Waals surface area (Å²) in [6, 6.07) is 9.75. The van der Waals surface area contributed by atoms with E-state index < -0.39 is 0 Å². The van der Waals surface area contributed by atoms with Crippen LogP contribution < -0.4 is 4.90 Å². The molecule has 0 spiro atoms. The summed E-state index contributed by atoms with van der Waals surface area (Å²) >= 11 is 0. The Labute approximate surface area is 151 Å². The Morgan fingerprint density at radius 3 is 2.77 bits per heavy atom. The van der Waals surface area contributed by atoms with E-state index in [4.69, 9.17) is 4.52 Å². The summed E-state index contributed by atoms with van der Waals surface area (Å²) < 4.78 is 5.23. The van der Waals surface area contributed by atoms with Gasteiger partial charge in [0.2, 0.25) is 0 Å². The molecule has 0 unspecified atom stereocenters. The first-order chi connectivity index (χ1) is 12.8. The third-order valence-corrected chi connectivity index (χ3v) is 4.66. The van der Waals surface area contributed by atoms with Crippen molar-refractivity contribution in [3.8, 4) is 0 Å². The van der Waals surface area contributed by atoms with E-state index in [2.05, 4.69) is 26.9 Å². The summed E-state index contributed by atoms with van der Waals surface area (Å²) in [4.78, 5) is 25.4. The molecule has 2 aromatic heterocycles. The van der Waals surface area contributed by atoms with E-state index in [-0.39, 0.29) is 5.91 Å². The molecule has 1 aliphatic heterocycles. The Morgan fingerprint density at radius 2 is 1.96 bits per heavy atom. The molecule has 0 atom stereocenters. The van der Waals surface area contributed by atoms with E-state index in [9.17, 15) is 4.79 Å². The van der Waals surface area contributed by atoms with Crippen LogP contribution in [0.3, 0.4) is 0 Å². The average molecular weight is 351 g/mol. The van der Waals surface area contributed by atoms with E-state index in [1.807, 2.05) is 29.2 Å². The van der Waals surface area contributed by atoms with Gasteiger partial charge in [0, 0.05) is 44.1 Å². The zero-order valence-electron chi connectivity index (χ0n) is 14.8. The normalized spacial score (nSPS) is 14.8. The first-order valence-corrected chi connectivity index (χ1v) is 8.96. The minimum Gasteiger partial charge on any atom is -0.361 e. The zero-order chi connectivity index (χ0) is 17.9. The van der Waals surface area contributed by atoms with Gasteiger partial charge in [-0.3, -0.25) is 4.79 Å². The van der Waals surface area contributed by atoms with Crippen molar-refractivity contribution in [3.63, 3.8) is 0 Å². The Kier molecular flexibility index (Phi) is 4.51. The SMILES string of the molecule is CCCc1cc(C(=O)N2CCN(c3ncnc4ccccc34)CC2)no1. The van der Waals surface area contributed by atoms with Gasteiger partial charge >= 0.3 is 0 Å². The Bertz CT molecular complexity index is 910. The number of amides is 1. The van der Waals surface area contributed by atoms with Gasteiger partial charge in [-0.25, -0.2) is 9.97 Å². The van der Waals surface area contributed by atoms with Gasteiger partial charge in [0.1, 0.15) is 17.9 Å². The third kappa shape index (κ3) is 3.12. The molecule has 0 radical (unpaired) electrons. The number of rotatable bonds is 4. The molecule has 1 aromatic carbocycles. The van der Waals surface area contributed by atoms with Crippen molar-refractivity contribution in [2.45, 2.75) is 19.8 Å². The number of piperazine rings is 1. The Balaban J connectivity index is 1.45. The Hall–Kier alpha value is -2.96. The molecule has 134 valence electrons. The van der Waals surface area contributed by atoms with Gasteiger partial charge in [0.05, 0.1) is 5.52 Å². The van der Waals surface area contributed by atoms with Crippen molar-refractivity contribution in [2.24, 2.45) is 0 Å². The lowest BCUT2D eigenvalue weighted by atomic mass is 10.2. The van der Waals surface area contributed by atoms with Gasteiger partial charge in [-0.05, 0) is 18.6 Å². The third-order valence-electron chi connectivity index (χ3n) is 4.66. The molecule has 1 amide bonds. The topological polar surface area (TPSA) is 75.4 Å². The molecule has 3 heterocycles. The van der Waals surface area contributed by atoms with Crippen molar-refractivity contribution in [1.29, 1.82) is 0 Å². The predicted molar refractivity (Wildman–Crippen MR) is 98.2 cm³/mol. The molecule has 26 heavy (non-hydrogen) atoms. The largest absolute Gasteiger partial charge is 0.361 e. The molecule has 7 nitrogen and oxygen atoms in total. The standard InChI is InChI=1S/C19H21N5O2/c1-2-5-14-12-17(22-26-14)19(25)24-10-8-23(9-11-24)18-15-6-3-4-7-16(15)20-13-21-18/h3-4,6-7,12-13H,2,5,8-11H2,1H3.